The monoisotopic (exact) mass is 313 g/mol. The minimum Gasteiger partial charge on any atom is -0.497 e. The van der Waals surface area contributed by atoms with E-state index in [1.807, 2.05) is 19.9 Å². The first kappa shape index (κ1) is 14.5. The third kappa shape index (κ3) is 2.44. The number of thiophene rings is 1. The molecule has 22 heavy (non-hydrogen) atoms. The number of methoxy groups -OCH3 is 1. The van der Waals surface area contributed by atoms with Crippen LogP contribution in [0.3, 0.4) is 0 Å². The highest BCUT2D eigenvalue weighted by atomic mass is 32.1. The maximum Gasteiger partial charge on any atom is 0.336 e. The molecule has 0 aliphatic carbocycles. The van der Waals surface area contributed by atoms with Crippen molar-refractivity contribution in [2.75, 3.05) is 7.11 Å². The average Bonchev–Trinajstić information content (AvgIpc) is 2.84. The summed E-state index contributed by atoms with van der Waals surface area (Å²) in [5.41, 5.74) is 2.57. The number of carboxylic acids is 1. The van der Waals surface area contributed by atoms with Crippen LogP contribution in [0.1, 0.15) is 20.1 Å². The molecule has 2 heterocycles. The van der Waals surface area contributed by atoms with E-state index in [4.69, 9.17) is 4.74 Å². The highest BCUT2D eigenvalue weighted by Gasteiger charge is 2.15. The first-order chi connectivity index (χ1) is 10.5. The van der Waals surface area contributed by atoms with E-state index in [-0.39, 0.29) is 5.56 Å². The van der Waals surface area contributed by atoms with Crippen molar-refractivity contribution in [2.45, 2.75) is 13.8 Å². The molecule has 0 spiro atoms. The van der Waals surface area contributed by atoms with E-state index in [0.717, 1.165) is 10.4 Å². The summed E-state index contributed by atoms with van der Waals surface area (Å²) in [5, 5.41) is 10.1. The standard InChI is InChI=1S/C17H15NO3S/c1-9-6-12(10(2)22-9)16-8-14(17(19)20)13-7-11(21-3)4-5-15(13)18-16/h4-8H,1-3H3,(H,19,20). The van der Waals surface area contributed by atoms with Gasteiger partial charge in [-0.1, -0.05) is 0 Å². The normalized spacial score (nSPS) is 10.9. The van der Waals surface area contributed by atoms with Crippen LogP contribution in [-0.2, 0) is 0 Å². The fraction of sp³-hybridized carbons (Fsp3) is 0.176. The summed E-state index contributed by atoms with van der Waals surface area (Å²) in [7, 11) is 1.56. The topological polar surface area (TPSA) is 59.4 Å². The minimum atomic E-state index is -0.966. The number of ether oxygens (including phenoxy) is 1. The second kappa shape index (κ2) is 5.42. The number of carbonyl (C=O) groups is 1. The number of fused-ring (bicyclic) bond motifs is 1. The van der Waals surface area contributed by atoms with Gasteiger partial charge in [-0.05, 0) is 44.2 Å². The Morgan fingerprint density at radius 3 is 2.59 bits per heavy atom. The van der Waals surface area contributed by atoms with Crippen molar-refractivity contribution in [2.24, 2.45) is 0 Å². The lowest BCUT2D eigenvalue weighted by molar-refractivity contribution is 0.0699. The van der Waals surface area contributed by atoms with Crippen LogP contribution in [0.25, 0.3) is 22.2 Å². The number of aromatic carboxylic acids is 1. The molecule has 0 bridgehead atoms. The second-order valence-electron chi connectivity index (χ2n) is 5.07. The molecule has 3 aromatic rings. The summed E-state index contributed by atoms with van der Waals surface area (Å²) in [5.74, 6) is -0.349. The van der Waals surface area contributed by atoms with Crippen molar-refractivity contribution in [1.82, 2.24) is 4.98 Å². The largest absolute Gasteiger partial charge is 0.497 e. The summed E-state index contributed by atoms with van der Waals surface area (Å²) in [6.07, 6.45) is 0. The number of aromatic nitrogens is 1. The molecule has 0 fully saturated rings. The van der Waals surface area contributed by atoms with Gasteiger partial charge in [0.15, 0.2) is 0 Å². The molecular formula is C17H15NO3S. The lowest BCUT2D eigenvalue weighted by Crippen LogP contribution is -2.00. The average molecular weight is 313 g/mol. The fourth-order valence-electron chi connectivity index (χ4n) is 2.53. The van der Waals surface area contributed by atoms with E-state index < -0.39 is 5.97 Å². The van der Waals surface area contributed by atoms with E-state index in [2.05, 4.69) is 4.98 Å². The zero-order valence-corrected chi connectivity index (χ0v) is 13.3. The number of aryl methyl sites for hydroxylation is 2. The van der Waals surface area contributed by atoms with Gasteiger partial charge in [0.1, 0.15) is 5.75 Å². The van der Waals surface area contributed by atoms with Crippen molar-refractivity contribution in [3.8, 4) is 17.0 Å². The molecule has 112 valence electrons. The summed E-state index contributed by atoms with van der Waals surface area (Å²) in [6.45, 7) is 4.05. The van der Waals surface area contributed by atoms with Crippen molar-refractivity contribution in [3.05, 3.63) is 45.6 Å². The first-order valence-electron chi connectivity index (χ1n) is 6.79. The molecular weight excluding hydrogens is 298 g/mol. The van der Waals surface area contributed by atoms with Crippen LogP contribution < -0.4 is 4.74 Å². The quantitative estimate of drug-likeness (QED) is 0.783. The SMILES string of the molecule is COc1ccc2nc(-c3cc(C)sc3C)cc(C(=O)O)c2c1. The maximum absolute atomic E-state index is 11.6. The summed E-state index contributed by atoms with van der Waals surface area (Å²) in [4.78, 5) is 18.6. The number of benzene rings is 1. The Hall–Kier alpha value is -2.40. The number of hydrogen-bond donors (Lipinski definition) is 1. The Morgan fingerprint density at radius 2 is 2.00 bits per heavy atom. The summed E-state index contributed by atoms with van der Waals surface area (Å²) < 4.78 is 5.18. The van der Waals surface area contributed by atoms with Crippen LogP contribution in [0.2, 0.25) is 0 Å². The van der Waals surface area contributed by atoms with Crippen LogP contribution in [0, 0.1) is 13.8 Å². The van der Waals surface area contributed by atoms with Gasteiger partial charge in [-0.25, -0.2) is 9.78 Å². The molecule has 2 aromatic heterocycles. The van der Waals surface area contributed by atoms with Gasteiger partial charge in [0.05, 0.1) is 23.9 Å². The van der Waals surface area contributed by atoms with Gasteiger partial charge in [0, 0.05) is 20.7 Å². The molecule has 1 N–H and O–H groups in total. The Balaban J connectivity index is 2.30. The van der Waals surface area contributed by atoms with Crippen LogP contribution in [0.15, 0.2) is 30.3 Å². The summed E-state index contributed by atoms with van der Waals surface area (Å²) >= 11 is 1.68. The Labute approximate surface area is 132 Å². The molecule has 3 rings (SSSR count). The molecule has 0 radical (unpaired) electrons. The van der Waals surface area contributed by atoms with Gasteiger partial charge in [0.25, 0.3) is 0 Å². The minimum absolute atomic E-state index is 0.238. The maximum atomic E-state index is 11.6. The zero-order valence-electron chi connectivity index (χ0n) is 12.5. The molecule has 0 saturated carbocycles. The predicted molar refractivity (Wildman–Crippen MR) is 88.0 cm³/mol. The molecule has 5 heteroatoms. The van der Waals surface area contributed by atoms with Gasteiger partial charge in [-0.3, -0.25) is 0 Å². The van der Waals surface area contributed by atoms with Gasteiger partial charge in [0.2, 0.25) is 0 Å². The molecule has 1 aromatic carbocycles. The highest BCUT2D eigenvalue weighted by molar-refractivity contribution is 7.12. The van der Waals surface area contributed by atoms with Crippen LogP contribution >= 0.6 is 11.3 Å². The fourth-order valence-corrected chi connectivity index (χ4v) is 3.47. The lowest BCUT2D eigenvalue weighted by atomic mass is 10.0. The number of pyridine rings is 1. The molecule has 0 aliphatic rings. The smallest absolute Gasteiger partial charge is 0.336 e. The third-order valence-electron chi connectivity index (χ3n) is 3.56. The molecule has 0 saturated heterocycles. The van der Waals surface area contributed by atoms with E-state index >= 15 is 0 Å². The Bertz CT molecular complexity index is 883. The highest BCUT2D eigenvalue weighted by Crippen LogP contribution is 2.32. The lowest BCUT2D eigenvalue weighted by Gasteiger charge is -2.08. The predicted octanol–water partition coefficient (Wildman–Crippen LogP) is 4.29. The third-order valence-corrected chi connectivity index (χ3v) is 4.53. The van der Waals surface area contributed by atoms with Crippen LogP contribution in [-0.4, -0.2) is 23.2 Å². The van der Waals surface area contributed by atoms with Crippen LogP contribution in [0.4, 0.5) is 0 Å². The number of nitrogens with zero attached hydrogens (tertiary/aromatic N) is 1. The van der Waals surface area contributed by atoms with Crippen molar-refractivity contribution >= 4 is 28.2 Å². The van der Waals surface area contributed by atoms with Gasteiger partial charge >= 0.3 is 5.97 Å². The van der Waals surface area contributed by atoms with Crippen molar-refractivity contribution in [1.29, 1.82) is 0 Å². The molecule has 0 atom stereocenters. The van der Waals surface area contributed by atoms with Crippen molar-refractivity contribution < 1.29 is 14.6 Å². The van der Waals surface area contributed by atoms with Crippen molar-refractivity contribution in [3.63, 3.8) is 0 Å². The van der Waals surface area contributed by atoms with E-state index in [9.17, 15) is 9.90 Å². The zero-order chi connectivity index (χ0) is 15.9. The molecule has 0 amide bonds. The molecule has 0 aliphatic heterocycles. The Morgan fingerprint density at radius 1 is 1.23 bits per heavy atom. The van der Waals surface area contributed by atoms with E-state index in [0.29, 0.717) is 22.3 Å². The number of carboxylic acid groups (broad SMARTS) is 1. The van der Waals surface area contributed by atoms with E-state index in [1.54, 1.807) is 42.7 Å². The van der Waals surface area contributed by atoms with E-state index in [1.165, 1.54) is 4.88 Å². The number of rotatable bonds is 3. The summed E-state index contributed by atoms with van der Waals surface area (Å²) in [6, 6.07) is 8.97. The molecule has 4 nitrogen and oxygen atoms in total. The van der Waals surface area contributed by atoms with Gasteiger partial charge < -0.3 is 9.84 Å². The number of hydrogen-bond acceptors (Lipinski definition) is 4. The molecule has 0 unspecified atom stereocenters. The first-order valence-corrected chi connectivity index (χ1v) is 7.60. The van der Waals surface area contributed by atoms with Gasteiger partial charge in [-0.15, -0.1) is 11.3 Å². The van der Waals surface area contributed by atoms with Crippen LogP contribution in [0.5, 0.6) is 5.75 Å². The Kier molecular flexibility index (Phi) is 3.58. The second-order valence-corrected chi connectivity index (χ2v) is 6.53. The van der Waals surface area contributed by atoms with Gasteiger partial charge in [-0.2, -0.15) is 0 Å².